The molecular formula is C12H14N2O2. The van der Waals surface area contributed by atoms with Gasteiger partial charge in [-0.3, -0.25) is 20.0 Å². The summed E-state index contributed by atoms with van der Waals surface area (Å²) < 4.78 is 0. The van der Waals surface area contributed by atoms with Gasteiger partial charge in [-0.05, 0) is 5.56 Å². The second kappa shape index (κ2) is 4.35. The van der Waals surface area contributed by atoms with Crippen molar-refractivity contribution >= 4 is 11.8 Å². The summed E-state index contributed by atoms with van der Waals surface area (Å²) in [5.41, 5.74) is 3.68. The monoisotopic (exact) mass is 218 g/mol. The lowest BCUT2D eigenvalue weighted by Crippen LogP contribution is -2.41. The van der Waals surface area contributed by atoms with E-state index in [4.69, 9.17) is 0 Å². The van der Waals surface area contributed by atoms with Crippen LogP contribution in [-0.4, -0.2) is 23.4 Å². The summed E-state index contributed by atoms with van der Waals surface area (Å²) in [5, 5.41) is 1.40. The molecule has 4 heteroatoms. The summed E-state index contributed by atoms with van der Waals surface area (Å²) in [6, 6.07) is 9.89. The minimum atomic E-state index is -0.206. The largest absolute Gasteiger partial charge is 0.274 e. The Morgan fingerprint density at radius 3 is 2.69 bits per heavy atom. The smallest absolute Gasteiger partial charge is 0.241 e. The van der Waals surface area contributed by atoms with Gasteiger partial charge in [0.05, 0.1) is 0 Å². The quantitative estimate of drug-likeness (QED) is 0.806. The van der Waals surface area contributed by atoms with Crippen LogP contribution in [0.2, 0.25) is 0 Å². The van der Waals surface area contributed by atoms with E-state index < -0.39 is 0 Å². The maximum absolute atomic E-state index is 11.6. The SMILES string of the molecule is CC(=O)NN1CC(c2ccccc2)CC1=O. The van der Waals surface area contributed by atoms with Gasteiger partial charge < -0.3 is 0 Å². The van der Waals surface area contributed by atoms with Gasteiger partial charge in [-0.15, -0.1) is 0 Å². The molecule has 0 saturated carbocycles. The van der Waals surface area contributed by atoms with E-state index in [-0.39, 0.29) is 17.7 Å². The van der Waals surface area contributed by atoms with Gasteiger partial charge >= 0.3 is 0 Å². The molecule has 1 N–H and O–H groups in total. The van der Waals surface area contributed by atoms with Gasteiger partial charge in [0.1, 0.15) is 0 Å². The molecule has 2 amide bonds. The maximum atomic E-state index is 11.6. The Morgan fingerprint density at radius 2 is 2.06 bits per heavy atom. The lowest BCUT2D eigenvalue weighted by molar-refractivity contribution is -0.137. The molecular weight excluding hydrogens is 204 g/mol. The molecule has 2 rings (SSSR count). The van der Waals surface area contributed by atoms with Crippen LogP contribution in [0.4, 0.5) is 0 Å². The van der Waals surface area contributed by atoms with E-state index in [0.29, 0.717) is 13.0 Å². The van der Waals surface area contributed by atoms with Gasteiger partial charge in [0.25, 0.3) is 0 Å². The van der Waals surface area contributed by atoms with Crippen LogP contribution in [0.25, 0.3) is 0 Å². The summed E-state index contributed by atoms with van der Waals surface area (Å²) in [7, 11) is 0. The molecule has 84 valence electrons. The molecule has 0 bridgehead atoms. The Hall–Kier alpha value is -1.84. The van der Waals surface area contributed by atoms with Gasteiger partial charge in [0.15, 0.2) is 0 Å². The van der Waals surface area contributed by atoms with Gasteiger partial charge in [-0.1, -0.05) is 30.3 Å². The molecule has 16 heavy (non-hydrogen) atoms. The average Bonchev–Trinajstić information content (AvgIpc) is 2.61. The Balaban J connectivity index is 2.07. The molecule has 1 fully saturated rings. The van der Waals surface area contributed by atoms with E-state index in [0.717, 1.165) is 5.56 Å². The van der Waals surface area contributed by atoms with Crippen LogP contribution in [0.3, 0.4) is 0 Å². The molecule has 1 saturated heterocycles. The van der Waals surface area contributed by atoms with Crippen molar-refractivity contribution in [1.82, 2.24) is 10.4 Å². The third-order valence-electron chi connectivity index (χ3n) is 2.69. The number of carbonyl (C=O) groups excluding carboxylic acids is 2. The van der Waals surface area contributed by atoms with Crippen molar-refractivity contribution in [1.29, 1.82) is 0 Å². The number of carbonyl (C=O) groups is 2. The zero-order chi connectivity index (χ0) is 11.5. The van der Waals surface area contributed by atoms with E-state index in [1.54, 1.807) is 0 Å². The van der Waals surface area contributed by atoms with E-state index in [9.17, 15) is 9.59 Å². The molecule has 0 aliphatic carbocycles. The summed E-state index contributed by atoms with van der Waals surface area (Å²) in [5.74, 6) is -0.0494. The normalized spacial score (nSPS) is 19.9. The second-order valence-corrected chi connectivity index (χ2v) is 3.98. The van der Waals surface area contributed by atoms with Crippen LogP contribution in [0.5, 0.6) is 0 Å². The zero-order valence-corrected chi connectivity index (χ0v) is 9.14. The molecule has 1 atom stereocenters. The van der Waals surface area contributed by atoms with Gasteiger partial charge in [-0.25, -0.2) is 0 Å². The van der Waals surface area contributed by atoms with Crippen LogP contribution >= 0.6 is 0 Å². The minimum absolute atomic E-state index is 0.0240. The van der Waals surface area contributed by atoms with E-state index in [1.807, 2.05) is 30.3 Å². The predicted octanol–water partition coefficient (Wildman–Crippen LogP) is 1.05. The first kappa shape index (κ1) is 10.7. The van der Waals surface area contributed by atoms with Gasteiger partial charge in [0, 0.05) is 25.8 Å². The third kappa shape index (κ3) is 2.21. The number of nitrogens with zero attached hydrogens (tertiary/aromatic N) is 1. The van der Waals surface area contributed by atoms with Crippen molar-refractivity contribution in [2.24, 2.45) is 0 Å². The highest BCUT2D eigenvalue weighted by Crippen LogP contribution is 2.26. The summed E-state index contributed by atoms with van der Waals surface area (Å²) >= 11 is 0. The van der Waals surface area contributed by atoms with E-state index in [1.165, 1.54) is 11.9 Å². The van der Waals surface area contributed by atoms with Crippen LogP contribution in [0.15, 0.2) is 30.3 Å². The fraction of sp³-hybridized carbons (Fsp3) is 0.333. The van der Waals surface area contributed by atoms with Crippen molar-refractivity contribution < 1.29 is 9.59 Å². The highest BCUT2D eigenvalue weighted by atomic mass is 16.2. The summed E-state index contributed by atoms with van der Waals surface area (Å²) in [6.07, 6.45) is 0.463. The molecule has 4 nitrogen and oxygen atoms in total. The van der Waals surface area contributed by atoms with Crippen molar-refractivity contribution in [3.05, 3.63) is 35.9 Å². The standard InChI is InChI=1S/C12H14N2O2/c1-9(15)13-14-8-11(7-12(14)16)10-5-3-2-4-6-10/h2-6,11H,7-8H2,1H3,(H,13,15). The van der Waals surface area contributed by atoms with Gasteiger partial charge in [0.2, 0.25) is 11.8 Å². The molecule has 0 spiro atoms. The summed E-state index contributed by atoms with van der Waals surface area (Å²) in [4.78, 5) is 22.5. The van der Waals surface area contributed by atoms with Crippen molar-refractivity contribution in [3.63, 3.8) is 0 Å². The van der Waals surface area contributed by atoms with Crippen LogP contribution < -0.4 is 5.43 Å². The van der Waals surface area contributed by atoms with Crippen molar-refractivity contribution in [2.75, 3.05) is 6.54 Å². The summed E-state index contributed by atoms with van der Waals surface area (Å²) in [6.45, 7) is 1.96. The Bertz CT molecular complexity index is 403. The van der Waals surface area contributed by atoms with E-state index >= 15 is 0 Å². The number of amides is 2. The van der Waals surface area contributed by atoms with E-state index in [2.05, 4.69) is 5.43 Å². The molecule has 0 radical (unpaired) electrons. The molecule has 1 unspecified atom stereocenters. The van der Waals surface area contributed by atoms with Crippen molar-refractivity contribution in [3.8, 4) is 0 Å². The second-order valence-electron chi connectivity index (χ2n) is 3.98. The lowest BCUT2D eigenvalue weighted by Gasteiger charge is -2.16. The minimum Gasteiger partial charge on any atom is -0.274 e. The van der Waals surface area contributed by atoms with Crippen LogP contribution in [0, 0.1) is 0 Å². The fourth-order valence-electron chi connectivity index (χ4n) is 1.95. The Labute approximate surface area is 94.2 Å². The number of hydrazine groups is 1. The number of rotatable bonds is 2. The Kier molecular flexibility index (Phi) is 2.90. The first-order valence-corrected chi connectivity index (χ1v) is 5.29. The topological polar surface area (TPSA) is 49.4 Å². The first-order chi connectivity index (χ1) is 7.66. The first-order valence-electron chi connectivity index (χ1n) is 5.29. The molecule has 1 heterocycles. The van der Waals surface area contributed by atoms with Crippen LogP contribution in [0.1, 0.15) is 24.8 Å². The highest BCUT2D eigenvalue weighted by molar-refractivity contribution is 5.83. The molecule has 1 aromatic rings. The number of nitrogens with one attached hydrogen (secondary N) is 1. The zero-order valence-electron chi connectivity index (χ0n) is 9.14. The molecule has 1 aliphatic rings. The fourth-order valence-corrected chi connectivity index (χ4v) is 1.95. The average molecular weight is 218 g/mol. The van der Waals surface area contributed by atoms with Gasteiger partial charge in [-0.2, -0.15) is 0 Å². The maximum Gasteiger partial charge on any atom is 0.241 e. The van der Waals surface area contributed by atoms with Crippen molar-refractivity contribution in [2.45, 2.75) is 19.3 Å². The van der Waals surface area contributed by atoms with Crippen LogP contribution in [-0.2, 0) is 9.59 Å². The number of hydrogen-bond donors (Lipinski definition) is 1. The molecule has 1 aromatic carbocycles. The Morgan fingerprint density at radius 1 is 1.38 bits per heavy atom. The highest BCUT2D eigenvalue weighted by Gasteiger charge is 2.30. The third-order valence-corrected chi connectivity index (χ3v) is 2.69. The molecule has 1 aliphatic heterocycles. The number of benzene rings is 1. The number of hydrogen-bond acceptors (Lipinski definition) is 2. The molecule has 0 aromatic heterocycles. The predicted molar refractivity (Wildman–Crippen MR) is 59.3 cm³/mol. The lowest BCUT2D eigenvalue weighted by atomic mass is 9.99.